The summed E-state index contributed by atoms with van der Waals surface area (Å²) in [6.45, 7) is 4.80. The van der Waals surface area contributed by atoms with Crippen LogP contribution in [0.2, 0.25) is 5.02 Å². The minimum atomic E-state index is 0.511. The largest absolute Gasteiger partial charge is 0.493 e. The molecule has 0 radical (unpaired) electrons. The van der Waals surface area contributed by atoms with Crippen LogP contribution in [0.3, 0.4) is 0 Å². The highest BCUT2D eigenvalue weighted by Gasteiger charge is 2.22. The van der Waals surface area contributed by atoms with Crippen LogP contribution in [-0.4, -0.2) is 64.9 Å². The van der Waals surface area contributed by atoms with Gasteiger partial charge in [0, 0.05) is 51.0 Å². The maximum atomic E-state index is 6.44. The van der Waals surface area contributed by atoms with Gasteiger partial charge in [0.05, 0.1) is 31.2 Å². The molecule has 6 rings (SSSR count). The lowest BCUT2D eigenvalue weighted by Gasteiger charge is -2.36. The summed E-state index contributed by atoms with van der Waals surface area (Å²) in [6.07, 6.45) is 3.50. The van der Waals surface area contributed by atoms with Crippen molar-refractivity contribution in [3.8, 4) is 23.1 Å². The first-order valence-electron chi connectivity index (χ1n) is 13.1. The van der Waals surface area contributed by atoms with E-state index in [1.807, 2.05) is 54.7 Å². The van der Waals surface area contributed by atoms with Crippen LogP contribution < -0.4 is 19.7 Å². The molecule has 0 aliphatic carbocycles. The molecule has 0 saturated carbocycles. The summed E-state index contributed by atoms with van der Waals surface area (Å²) < 4.78 is 18.2. The Morgan fingerprint density at radius 2 is 1.80 bits per heavy atom. The second-order valence-corrected chi connectivity index (χ2v) is 9.92. The Kier molecular flexibility index (Phi) is 7.43. The lowest BCUT2D eigenvalue weighted by molar-refractivity contribution is 0.250. The fourth-order valence-corrected chi connectivity index (χ4v) is 5.18. The summed E-state index contributed by atoms with van der Waals surface area (Å²) in [5.74, 6) is 3.06. The van der Waals surface area contributed by atoms with Gasteiger partial charge in [-0.25, -0.2) is 9.97 Å². The van der Waals surface area contributed by atoms with Crippen molar-refractivity contribution in [3.63, 3.8) is 0 Å². The van der Waals surface area contributed by atoms with Gasteiger partial charge in [-0.15, -0.1) is 5.10 Å². The summed E-state index contributed by atoms with van der Waals surface area (Å²) in [5, 5.41) is 8.93. The molecular weight excluding hydrogens is 530 g/mol. The normalized spacial score (nSPS) is 14.0. The van der Waals surface area contributed by atoms with E-state index in [-0.39, 0.29) is 0 Å². The maximum absolute atomic E-state index is 6.44. The Balaban J connectivity index is 1.23. The SMILES string of the molecule is COc1ccc(CNc2ncc(CN3CCN(c4ccccc4Cl)CC3)c3nc(-c4ccco4)nn23)cc1OC. The van der Waals surface area contributed by atoms with Gasteiger partial charge in [-0.1, -0.05) is 29.8 Å². The van der Waals surface area contributed by atoms with Gasteiger partial charge in [-0.3, -0.25) is 4.90 Å². The molecule has 206 valence electrons. The van der Waals surface area contributed by atoms with Crippen LogP contribution >= 0.6 is 11.6 Å². The lowest BCUT2D eigenvalue weighted by atomic mass is 10.2. The van der Waals surface area contributed by atoms with Crippen LogP contribution in [0.15, 0.2) is 71.5 Å². The summed E-state index contributed by atoms with van der Waals surface area (Å²) in [6, 6.07) is 17.5. The highest BCUT2D eigenvalue weighted by molar-refractivity contribution is 6.33. The van der Waals surface area contributed by atoms with Crippen LogP contribution in [0, 0.1) is 0 Å². The molecule has 4 heterocycles. The first-order chi connectivity index (χ1) is 19.6. The summed E-state index contributed by atoms with van der Waals surface area (Å²) in [7, 11) is 3.25. The van der Waals surface area contributed by atoms with E-state index in [9.17, 15) is 0 Å². The van der Waals surface area contributed by atoms with E-state index < -0.39 is 0 Å². The number of nitrogens with one attached hydrogen (secondary N) is 1. The third-order valence-corrected chi connectivity index (χ3v) is 7.36. The highest BCUT2D eigenvalue weighted by atomic mass is 35.5. The number of furan rings is 1. The van der Waals surface area contributed by atoms with E-state index in [0.717, 1.165) is 53.7 Å². The molecule has 11 heteroatoms. The molecule has 0 spiro atoms. The number of piperazine rings is 1. The molecule has 1 fully saturated rings. The van der Waals surface area contributed by atoms with Gasteiger partial charge in [0.2, 0.25) is 11.8 Å². The molecule has 1 aliphatic rings. The average molecular weight is 560 g/mol. The Bertz CT molecular complexity index is 1600. The first kappa shape index (κ1) is 26.0. The zero-order chi connectivity index (χ0) is 27.5. The Morgan fingerprint density at radius 1 is 0.975 bits per heavy atom. The maximum Gasteiger partial charge on any atom is 0.226 e. The standard InChI is InChI=1S/C29H30ClN7O3/c1-38-24-10-9-20(16-26(24)39-2)17-31-29-32-18-21(28-33-27(34-37(28)29)25-8-5-15-40-25)19-35-11-13-36(14-12-35)23-7-4-3-6-22(23)30/h3-10,15-16,18H,11-14,17,19H2,1-2H3,(H,31,32). The number of benzene rings is 2. The van der Waals surface area contributed by atoms with Gasteiger partial charge < -0.3 is 24.1 Å². The molecular formula is C29H30ClN7O3. The molecule has 2 aromatic carbocycles. The van der Waals surface area contributed by atoms with E-state index in [0.29, 0.717) is 42.1 Å². The van der Waals surface area contributed by atoms with Crippen molar-refractivity contribution in [2.24, 2.45) is 0 Å². The third-order valence-electron chi connectivity index (χ3n) is 7.04. The molecule has 1 N–H and O–H groups in total. The van der Waals surface area contributed by atoms with E-state index in [2.05, 4.69) is 21.2 Å². The Hall–Kier alpha value is -4.28. The minimum Gasteiger partial charge on any atom is -0.493 e. The van der Waals surface area contributed by atoms with Gasteiger partial charge in [-0.2, -0.15) is 4.52 Å². The zero-order valence-corrected chi connectivity index (χ0v) is 23.1. The fourth-order valence-electron chi connectivity index (χ4n) is 4.93. The highest BCUT2D eigenvalue weighted by Crippen LogP contribution is 2.29. The number of aromatic nitrogens is 4. The number of para-hydroxylation sites is 1. The quantitative estimate of drug-likeness (QED) is 0.268. The molecule has 0 amide bonds. The molecule has 1 saturated heterocycles. The molecule has 3 aromatic heterocycles. The summed E-state index contributed by atoms with van der Waals surface area (Å²) in [4.78, 5) is 14.3. The topological polar surface area (TPSA) is 93.2 Å². The zero-order valence-electron chi connectivity index (χ0n) is 22.4. The monoisotopic (exact) mass is 559 g/mol. The number of fused-ring (bicyclic) bond motifs is 1. The number of hydrogen-bond acceptors (Lipinski definition) is 9. The number of nitrogens with zero attached hydrogens (tertiary/aromatic N) is 6. The van der Waals surface area contributed by atoms with Crippen LogP contribution in [0.25, 0.3) is 17.2 Å². The van der Waals surface area contributed by atoms with Gasteiger partial charge in [0.25, 0.3) is 0 Å². The van der Waals surface area contributed by atoms with Crippen LogP contribution in [-0.2, 0) is 13.1 Å². The van der Waals surface area contributed by atoms with Gasteiger partial charge in [-0.05, 0) is 42.0 Å². The number of halogens is 1. The summed E-state index contributed by atoms with van der Waals surface area (Å²) >= 11 is 6.44. The number of anilines is 2. The third kappa shape index (κ3) is 5.28. The van der Waals surface area contributed by atoms with Crippen molar-refractivity contribution in [1.29, 1.82) is 0 Å². The van der Waals surface area contributed by atoms with Crippen molar-refractivity contribution >= 4 is 28.9 Å². The average Bonchev–Trinajstić information content (AvgIpc) is 3.68. The molecule has 0 unspecified atom stereocenters. The Labute approximate surface area is 237 Å². The molecule has 40 heavy (non-hydrogen) atoms. The van der Waals surface area contributed by atoms with Crippen molar-refractivity contribution in [2.45, 2.75) is 13.1 Å². The van der Waals surface area contributed by atoms with Crippen LogP contribution in [0.4, 0.5) is 11.6 Å². The second-order valence-electron chi connectivity index (χ2n) is 9.51. The number of rotatable bonds is 9. The molecule has 0 atom stereocenters. The van der Waals surface area contributed by atoms with Crippen LogP contribution in [0.5, 0.6) is 11.5 Å². The lowest BCUT2D eigenvalue weighted by Crippen LogP contribution is -2.46. The number of hydrogen-bond donors (Lipinski definition) is 1. The fraction of sp³-hybridized carbons (Fsp3) is 0.276. The van der Waals surface area contributed by atoms with Crippen molar-refractivity contribution in [1.82, 2.24) is 24.5 Å². The number of ether oxygens (including phenoxy) is 2. The number of methoxy groups -OCH3 is 2. The smallest absolute Gasteiger partial charge is 0.226 e. The van der Waals surface area contributed by atoms with Gasteiger partial charge >= 0.3 is 0 Å². The van der Waals surface area contributed by atoms with Gasteiger partial charge in [0.15, 0.2) is 22.9 Å². The molecule has 0 bridgehead atoms. The van der Waals surface area contributed by atoms with Crippen molar-refractivity contribution < 1.29 is 13.9 Å². The van der Waals surface area contributed by atoms with E-state index >= 15 is 0 Å². The van der Waals surface area contributed by atoms with Crippen molar-refractivity contribution in [3.05, 3.63) is 83.2 Å². The molecule has 1 aliphatic heterocycles. The Morgan fingerprint density at radius 3 is 2.55 bits per heavy atom. The predicted octanol–water partition coefficient (Wildman–Crippen LogP) is 4.99. The predicted molar refractivity (Wildman–Crippen MR) is 154 cm³/mol. The van der Waals surface area contributed by atoms with E-state index in [1.165, 1.54) is 0 Å². The van der Waals surface area contributed by atoms with Gasteiger partial charge in [0.1, 0.15) is 0 Å². The molecule has 10 nitrogen and oxygen atoms in total. The second kappa shape index (κ2) is 11.4. The summed E-state index contributed by atoms with van der Waals surface area (Å²) in [5.41, 5.74) is 3.83. The molecule has 5 aromatic rings. The van der Waals surface area contributed by atoms with Crippen LogP contribution in [0.1, 0.15) is 11.1 Å². The first-order valence-corrected chi connectivity index (χ1v) is 13.5. The van der Waals surface area contributed by atoms with Crippen molar-refractivity contribution in [2.75, 3.05) is 50.6 Å². The van der Waals surface area contributed by atoms with E-state index in [4.69, 9.17) is 40.6 Å². The minimum absolute atomic E-state index is 0.511. The van der Waals surface area contributed by atoms with E-state index in [1.54, 1.807) is 25.0 Å².